The number of halogens is 1. The summed E-state index contributed by atoms with van der Waals surface area (Å²) in [5.74, 6) is -0.662. The van der Waals surface area contributed by atoms with Gasteiger partial charge in [0.15, 0.2) is 6.61 Å². The van der Waals surface area contributed by atoms with Crippen molar-refractivity contribution < 1.29 is 27.5 Å². The molecule has 0 unspecified atom stereocenters. The van der Waals surface area contributed by atoms with Gasteiger partial charge in [0.05, 0.1) is 17.8 Å². The van der Waals surface area contributed by atoms with Crippen molar-refractivity contribution in [1.29, 1.82) is 0 Å². The minimum absolute atomic E-state index is 0.0818. The van der Waals surface area contributed by atoms with Gasteiger partial charge in [-0.3, -0.25) is 14.3 Å². The van der Waals surface area contributed by atoms with E-state index >= 15 is 0 Å². The van der Waals surface area contributed by atoms with E-state index in [-0.39, 0.29) is 33.6 Å². The average molecular weight is 490 g/mol. The molecule has 0 aromatic heterocycles. The van der Waals surface area contributed by atoms with E-state index in [1.165, 1.54) is 55.6 Å². The number of benzene rings is 3. The molecule has 0 heterocycles. The van der Waals surface area contributed by atoms with Crippen LogP contribution in [0, 0.1) is 0 Å². The zero-order valence-electron chi connectivity index (χ0n) is 17.4. The Morgan fingerprint density at radius 1 is 1.03 bits per heavy atom. The number of hydrogen-bond acceptors (Lipinski definition) is 6. The van der Waals surface area contributed by atoms with Gasteiger partial charge in [-0.2, -0.15) is 0 Å². The van der Waals surface area contributed by atoms with Crippen LogP contribution < -0.4 is 25.2 Å². The van der Waals surface area contributed by atoms with E-state index < -0.39 is 21.8 Å². The molecular formula is C22H20ClN3O6S. The molecule has 33 heavy (non-hydrogen) atoms. The fourth-order valence-corrected chi connectivity index (χ4v) is 4.28. The highest BCUT2D eigenvalue weighted by atomic mass is 35.5. The van der Waals surface area contributed by atoms with Gasteiger partial charge in [0.2, 0.25) is 5.91 Å². The summed E-state index contributed by atoms with van der Waals surface area (Å²) >= 11 is 6.05. The summed E-state index contributed by atoms with van der Waals surface area (Å²) in [4.78, 5) is 23.2. The van der Waals surface area contributed by atoms with Crippen LogP contribution >= 0.6 is 11.6 Å². The van der Waals surface area contributed by atoms with E-state index in [1.54, 1.807) is 18.2 Å². The lowest BCUT2D eigenvalue weighted by Crippen LogP contribution is -2.21. The number of ether oxygens (including phenoxy) is 2. The highest BCUT2D eigenvalue weighted by Crippen LogP contribution is 2.30. The topological polar surface area (TPSA) is 137 Å². The smallest absolute Gasteiger partial charge is 0.265 e. The fraction of sp³-hybridized carbons (Fsp3) is 0.0909. The quantitative estimate of drug-likeness (QED) is 0.422. The number of sulfonamides is 1. The van der Waals surface area contributed by atoms with Crippen LogP contribution in [0.3, 0.4) is 0 Å². The number of carbonyl (C=O) groups is 2. The fourth-order valence-electron chi connectivity index (χ4n) is 2.77. The molecule has 0 aliphatic rings. The molecule has 0 saturated carbocycles. The van der Waals surface area contributed by atoms with Crippen LogP contribution in [-0.2, 0) is 14.8 Å². The van der Waals surface area contributed by atoms with E-state index in [4.69, 9.17) is 26.8 Å². The third-order valence-corrected chi connectivity index (χ3v) is 6.08. The van der Waals surface area contributed by atoms with Crippen LogP contribution in [0.25, 0.3) is 0 Å². The van der Waals surface area contributed by atoms with Gasteiger partial charge in [0.25, 0.3) is 15.9 Å². The second kappa shape index (κ2) is 10.2. The number of para-hydroxylation sites is 1. The van der Waals surface area contributed by atoms with Gasteiger partial charge in [-0.25, -0.2) is 8.42 Å². The molecule has 0 atom stereocenters. The van der Waals surface area contributed by atoms with E-state index in [0.717, 1.165) is 0 Å². The number of primary amides is 1. The minimum Gasteiger partial charge on any atom is -0.495 e. The Hall–Kier alpha value is -3.76. The van der Waals surface area contributed by atoms with Gasteiger partial charge in [-0.1, -0.05) is 23.7 Å². The molecule has 3 aromatic rings. The first-order chi connectivity index (χ1) is 15.7. The number of rotatable bonds is 9. The summed E-state index contributed by atoms with van der Waals surface area (Å²) in [6.07, 6.45) is 0. The summed E-state index contributed by atoms with van der Waals surface area (Å²) in [6.45, 7) is -0.345. The molecule has 4 N–H and O–H groups in total. The van der Waals surface area contributed by atoms with Crippen molar-refractivity contribution in [2.45, 2.75) is 4.90 Å². The lowest BCUT2D eigenvalue weighted by molar-refractivity contribution is -0.118. The normalized spacial score (nSPS) is 10.8. The van der Waals surface area contributed by atoms with Crippen LogP contribution in [0.4, 0.5) is 11.4 Å². The molecule has 9 nitrogen and oxygen atoms in total. The summed E-state index contributed by atoms with van der Waals surface area (Å²) in [5, 5.41) is 2.80. The van der Waals surface area contributed by atoms with Crippen molar-refractivity contribution in [2.24, 2.45) is 5.73 Å². The molecular weight excluding hydrogens is 470 g/mol. The molecule has 0 fully saturated rings. The maximum Gasteiger partial charge on any atom is 0.265 e. The highest BCUT2D eigenvalue weighted by Gasteiger charge is 2.22. The van der Waals surface area contributed by atoms with Gasteiger partial charge >= 0.3 is 0 Å². The van der Waals surface area contributed by atoms with Crippen molar-refractivity contribution in [1.82, 2.24) is 0 Å². The average Bonchev–Trinajstić information content (AvgIpc) is 2.79. The largest absolute Gasteiger partial charge is 0.495 e. The lowest BCUT2D eigenvalue weighted by atomic mass is 10.2. The SMILES string of the molecule is COc1ccc(NC(=O)COc2ccc(C(N)=O)cc2)cc1S(=O)(=O)Nc1ccccc1Cl. The predicted molar refractivity (Wildman–Crippen MR) is 124 cm³/mol. The number of amides is 2. The van der Waals surface area contributed by atoms with Crippen molar-refractivity contribution in [3.63, 3.8) is 0 Å². The van der Waals surface area contributed by atoms with E-state index in [0.29, 0.717) is 11.3 Å². The molecule has 11 heteroatoms. The van der Waals surface area contributed by atoms with Crippen LogP contribution in [0.5, 0.6) is 11.5 Å². The highest BCUT2D eigenvalue weighted by molar-refractivity contribution is 7.92. The Kier molecular flexibility index (Phi) is 7.41. The van der Waals surface area contributed by atoms with E-state index in [2.05, 4.69) is 10.0 Å². The maximum atomic E-state index is 12.9. The first-order valence-electron chi connectivity index (χ1n) is 9.47. The van der Waals surface area contributed by atoms with Gasteiger partial charge in [0, 0.05) is 11.3 Å². The molecule has 0 spiro atoms. The van der Waals surface area contributed by atoms with Gasteiger partial charge in [-0.15, -0.1) is 0 Å². The minimum atomic E-state index is -4.08. The number of hydrogen-bond donors (Lipinski definition) is 3. The summed E-state index contributed by atoms with van der Waals surface area (Å²) in [7, 11) is -2.75. The molecule has 0 bridgehead atoms. The zero-order chi connectivity index (χ0) is 24.0. The number of nitrogens with two attached hydrogens (primary N) is 1. The monoisotopic (exact) mass is 489 g/mol. The number of nitrogens with one attached hydrogen (secondary N) is 2. The van der Waals surface area contributed by atoms with Gasteiger partial charge in [0.1, 0.15) is 16.4 Å². The molecule has 0 aliphatic heterocycles. The Morgan fingerprint density at radius 3 is 2.36 bits per heavy atom. The third-order valence-electron chi connectivity index (χ3n) is 4.36. The Bertz CT molecular complexity index is 1280. The second-order valence-corrected chi connectivity index (χ2v) is 8.73. The zero-order valence-corrected chi connectivity index (χ0v) is 18.9. The predicted octanol–water partition coefficient (Wildman–Crippen LogP) is 3.27. The Labute approximate surface area is 195 Å². The van der Waals surface area contributed by atoms with Crippen molar-refractivity contribution >= 4 is 44.8 Å². The molecule has 3 aromatic carbocycles. The van der Waals surface area contributed by atoms with Crippen LogP contribution in [0.15, 0.2) is 71.6 Å². The van der Waals surface area contributed by atoms with Crippen molar-refractivity contribution in [3.05, 3.63) is 77.3 Å². The van der Waals surface area contributed by atoms with Crippen LogP contribution in [0.2, 0.25) is 5.02 Å². The molecule has 0 aliphatic carbocycles. The van der Waals surface area contributed by atoms with Crippen molar-refractivity contribution in [2.75, 3.05) is 23.8 Å². The first kappa shape index (κ1) is 23.9. The first-order valence-corrected chi connectivity index (χ1v) is 11.3. The molecule has 0 radical (unpaired) electrons. The molecule has 172 valence electrons. The van der Waals surface area contributed by atoms with Gasteiger partial charge in [-0.05, 0) is 54.6 Å². The Morgan fingerprint density at radius 2 is 1.73 bits per heavy atom. The maximum absolute atomic E-state index is 12.9. The van der Waals surface area contributed by atoms with Gasteiger partial charge < -0.3 is 20.5 Å². The summed E-state index contributed by atoms with van der Waals surface area (Å²) in [6, 6.07) is 16.5. The number of carbonyl (C=O) groups excluding carboxylic acids is 2. The Balaban J connectivity index is 1.72. The molecule has 2 amide bonds. The van der Waals surface area contributed by atoms with Crippen molar-refractivity contribution in [3.8, 4) is 11.5 Å². The second-order valence-electron chi connectivity index (χ2n) is 6.68. The summed E-state index contributed by atoms with van der Waals surface area (Å²) < 4.78 is 38.8. The number of anilines is 2. The number of methoxy groups -OCH3 is 1. The standard InChI is InChI=1S/C22H20ClN3O6S/c1-31-19-11-8-15(12-20(19)33(29,30)26-18-5-3-2-4-17(18)23)25-21(27)13-32-16-9-6-14(7-10-16)22(24)28/h2-12,26H,13H2,1H3,(H2,24,28)(H,25,27). The molecule has 3 rings (SSSR count). The van der Waals surface area contributed by atoms with E-state index in [1.807, 2.05) is 0 Å². The summed E-state index contributed by atoms with van der Waals surface area (Å²) in [5.41, 5.74) is 5.90. The lowest BCUT2D eigenvalue weighted by Gasteiger charge is -2.14. The third kappa shape index (κ3) is 6.15. The van der Waals surface area contributed by atoms with Crippen LogP contribution in [-0.4, -0.2) is 33.9 Å². The van der Waals surface area contributed by atoms with E-state index in [9.17, 15) is 18.0 Å². The van der Waals surface area contributed by atoms with Crippen LogP contribution in [0.1, 0.15) is 10.4 Å². The molecule has 0 saturated heterocycles.